The van der Waals surface area contributed by atoms with E-state index in [4.69, 9.17) is 0 Å². The van der Waals surface area contributed by atoms with Crippen molar-refractivity contribution in [2.45, 2.75) is 44.2 Å². The van der Waals surface area contributed by atoms with E-state index >= 15 is 0 Å². The molecule has 2 fully saturated rings. The third kappa shape index (κ3) is 3.41. The molecule has 1 heterocycles. The summed E-state index contributed by atoms with van der Waals surface area (Å²) in [6.07, 6.45) is 5.85. The first kappa shape index (κ1) is 14.5. The second-order valence-electron chi connectivity index (χ2n) is 6.00. The molecule has 1 aromatic rings. The Morgan fingerprint density at radius 2 is 1.86 bits per heavy atom. The predicted molar refractivity (Wildman–Crippen MR) is 78.8 cm³/mol. The number of hydrogen-bond acceptors (Lipinski definition) is 3. The van der Waals surface area contributed by atoms with Gasteiger partial charge in [0.15, 0.2) is 0 Å². The Hall–Kier alpha value is -1.46. The maximum Gasteiger partial charge on any atom is 0.226 e. The lowest BCUT2D eigenvalue weighted by Gasteiger charge is -2.26. The second kappa shape index (κ2) is 6.54. The van der Waals surface area contributed by atoms with Crippen LogP contribution in [0.4, 0.5) is 4.39 Å². The molecule has 2 unspecified atom stereocenters. The Kier molecular flexibility index (Phi) is 4.51. The highest BCUT2D eigenvalue weighted by molar-refractivity contribution is 5.80. The lowest BCUT2D eigenvalue weighted by Crippen LogP contribution is -2.42. The Balaban J connectivity index is 1.65. The van der Waals surface area contributed by atoms with Crippen LogP contribution >= 0.6 is 0 Å². The van der Waals surface area contributed by atoms with Gasteiger partial charge in [0, 0.05) is 12.6 Å². The molecule has 0 bridgehead atoms. The Labute approximate surface area is 124 Å². The van der Waals surface area contributed by atoms with E-state index in [2.05, 4.69) is 16.2 Å². The van der Waals surface area contributed by atoms with Crippen molar-refractivity contribution in [3.8, 4) is 0 Å². The first-order valence-corrected chi connectivity index (χ1v) is 7.78. The smallest absolute Gasteiger partial charge is 0.226 e. The minimum absolute atomic E-state index is 0.0914. The molecule has 1 saturated heterocycles. The van der Waals surface area contributed by atoms with E-state index in [1.165, 1.54) is 31.4 Å². The third-order valence-corrected chi connectivity index (χ3v) is 4.50. The van der Waals surface area contributed by atoms with E-state index in [-0.39, 0.29) is 23.7 Å². The summed E-state index contributed by atoms with van der Waals surface area (Å²) >= 11 is 0. The fraction of sp³-hybridized carbons (Fsp3) is 0.562. The van der Waals surface area contributed by atoms with Crippen LogP contribution in [-0.2, 0) is 4.79 Å². The maximum absolute atomic E-state index is 13.0. The molecule has 0 aromatic heterocycles. The molecule has 114 valence electrons. The van der Waals surface area contributed by atoms with Gasteiger partial charge in [0.05, 0.1) is 12.0 Å². The molecule has 4 nitrogen and oxygen atoms in total. The van der Waals surface area contributed by atoms with Crippen molar-refractivity contribution in [3.05, 3.63) is 35.6 Å². The minimum Gasteiger partial charge on any atom is -0.353 e. The normalized spacial score (nSPS) is 26.7. The summed E-state index contributed by atoms with van der Waals surface area (Å²) in [7, 11) is 0. The zero-order valence-corrected chi connectivity index (χ0v) is 12.1. The molecule has 2 atom stereocenters. The number of carbonyl (C=O) groups excluding carboxylic acids is 1. The number of carbonyl (C=O) groups is 1. The number of hydrazine groups is 1. The second-order valence-corrected chi connectivity index (χ2v) is 6.00. The lowest BCUT2D eigenvalue weighted by atomic mass is 9.91. The van der Waals surface area contributed by atoms with Crippen molar-refractivity contribution in [2.75, 3.05) is 6.54 Å². The van der Waals surface area contributed by atoms with Gasteiger partial charge in [0.1, 0.15) is 5.82 Å². The first-order valence-electron chi connectivity index (χ1n) is 7.78. The molecule has 1 amide bonds. The fourth-order valence-electron chi connectivity index (χ4n) is 3.28. The molecule has 3 N–H and O–H groups in total. The van der Waals surface area contributed by atoms with Gasteiger partial charge in [-0.15, -0.1) is 0 Å². The van der Waals surface area contributed by atoms with Crippen LogP contribution in [0.3, 0.4) is 0 Å². The molecular formula is C16H22FN3O. The molecule has 1 aliphatic carbocycles. The Morgan fingerprint density at radius 3 is 2.57 bits per heavy atom. The van der Waals surface area contributed by atoms with E-state index in [0.29, 0.717) is 12.6 Å². The standard InChI is InChI=1S/C16H22FN3O/c17-12-8-6-11(7-9-12)15-14(10-18-20-15)16(21)19-13-4-2-1-3-5-13/h6-9,13-15,18,20H,1-5,10H2,(H,19,21). The average Bonchev–Trinajstić information content (AvgIpc) is 2.98. The molecule has 21 heavy (non-hydrogen) atoms. The highest BCUT2D eigenvalue weighted by Crippen LogP contribution is 2.26. The molecule has 0 spiro atoms. The minimum atomic E-state index is -0.257. The first-order chi connectivity index (χ1) is 10.2. The highest BCUT2D eigenvalue weighted by atomic mass is 19.1. The van der Waals surface area contributed by atoms with E-state index in [1.807, 2.05) is 0 Å². The molecule has 1 aliphatic heterocycles. The van der Waals surface area contributed by atoms with Gasteiger partial charge < -0.3 is 5.32 Å². The topological polar surface area (TPSA) is 53.2 Å². The molecule has 5 heteroatoms. The quantitative estimate of drug-likeness (QED) is 0.799. The van der Waals surface area contributed by atoms with Crippen molar-refractivity contribution in [1.29, 1.82) is 0 Å². The van der Waals surface area contributed by atoms with Crippen molar-refractivity contribution in [2.24, 2.45) is 5.92 Å². The van der Waals surface area contributed by atoms with Gasteiger partial charge in [-0.05, 0) is 30.5 Å². The number of rotatable bonds is 3. The van der Waals surface area contributed by atoms with E-state index < -0.39 is 0 Å². The van der Waals surface area contributed by atoms with E-state index in [0.717, 1.165) is 18.4 Å². The third-order valence-electron chi connectivity index (χ3n) is 4.50. The summed E-state index contributed by atoms with van der Waals surface area (Å²) in [5.41, 5.74) is 7.11. The summed E-state index contributed by atoms with van der Waals surface area (Å²) in [5, 5.41) is 3.18. The molecule has 2 aliphatic rings. The summed E-state index contributed by atoms with van der Waals surface area (Å²) in [6.45, 7) is 0.598. The largest absolute Gasteiger partial charge is 0.353 e. The van der Waals surface area contributed by atoms with E-state index in [9.17, 15) is 9.18 Å². The van der Waals surface area contributed by atoms with Crippen molar-refractivity contribution < 1.29 is 9.18 Å². The van der Waals surface area contributed by atoms with Gasteiger partial charge >= 0.3 is 0 Å². The summed E-state index contributed by atoms with van der Waals surface area (Å²) < 4.78 is 13.0. The van der Waals surface area contributed by atoms with Crippen LogP contribution in [0.25, 0.3) is 0 Å². The number of hydrogen-bond donors (Lipinski definition) is 3. The average molecular weight is 291 g/mol. The van der Waals surface area contributed by atoms with Gasteiger partial charge in [0.2, 0.25) is 5.91 Å². The maximum atomic E-state index is 13.0. The van der Waals surface area contributed by atoms with Crippen LogP contribution < -0.4 is 16.2 Å². The van der Waals surface area contributed by atoms with Crippen molar-refractivity contribution >= 4 is 5.91 Å². The summed E-state index contributed by atoms with van der Waals surface area (Å²) in [6, 6.07) is 6.56. The molecule has 3 rings (SSSR count). The monoisotopic (exact) mass is 291 g/mol. The Bertz CT molecular complexity index is 485. The number of halogens is 1. The predicted octanol–water partition coefficient (Wildman–Crippen LogP) is 2.04. The van der Waals surface area contributed by atoms with Crippen LogP contribution in [0.15, 0.2) is 24.3 Å². The lowest BCUT2D eigenvalue weighted by molar-refractivity contribution is -0.125. The van der Waals surface area contributed by atoms with Crippen LogP contribution in [0.1, 0.15) is 43.7 Å². The number of amides is 1. The SMILES string of the molecule is O=C(NC1CCCCC1)C1CNNC1c1ccc(F)cc1. The summed E-state index contributed by atoms with van der Waals surface area (Å²) in [4.78, 5) is 12.5. The fourth-order valence-corrected chi connectivity index (χ4v) is 3.28. The number of benzene rings is 1. The zero-order valence-electron chi connectivity index (χ0n) is 12.1. The van der Waals surface area contributed by atoms with Gasteiger partial charge in [-0.25, -0.2) is 9.82 Å². The van der Waals surface area contributed by atoms with Gasteiger partial charge in [-0.3, -0.25) is 10.2 Å². The van der Waals surface area contributed by atoms with Crippen LogP contribution in [-0.4, -0.2) is 18.5 Å². The molecular weight excluding hydrogens is 269 g/mol. The van der Waals surface area contributed by atoms with Crippen LogP contribution in [0.5, 0.6) is 0 Å². The number of nitrogens with one attached hydrogen (secondary N) is 3. The van der Waals surface area contributed by atoms with Crippen LogP contribution in [0, 0.1) is 11.7 Å². The van der Waals surface area contributed by atoms with Gasteiger partial charge in [0.25, 0.3) is 0 Å². The highest BCUT2D eigenvalue weighted by Gasteiger charge is 2.34. The van der Waals surface area contributed by atoms with Crippen LogP contribution in [0.2, 0.25) is 0 Å². The Morgan fingerprint density at radius 1 is 1.14 bits per heavy atom. The molecule has 1 aromatic carbocycles. The van der Waals surface area contributed by atoms with Gasteiger partial charge in [-0.2, -0.15) is 0 Å². The van der Waals surface area contributed by atoms with Crippen molar-refractivity contribution in [3.63, 3.8) is 0 Å². The van der Waals surface area contributed by atoms with Gasteiger partial charge in [-0.1, -0.05) is 31.4 Å². The molecule has 0 radical (unpaired) electrons. The molecule has 1 saturated carbocycles. The summed E-state index contributed by atoms with van der Waals surface area (Å²) in [5.74, 6) is -0.320. The van der Waals surface area contributed by atoms with Crippen molar-refractivity contribution in [1.82, 2.24) is 16.2 Å². The van der Waals surface area contributed by atoms with E-state index in [1.54, 1.807) is 12.1 Å². The zero-order chi connectivity index (χ0) is 14.7.